The van der Waals surface area contributed by atoms with Crippen molar-refractivity contribution >= 4 is 0 Å². The topological polar surface area (TPSA) is 0 Å². The summed E-state index contributed by atoms with van der Waals surface area (Å²) in [5.41, 5.74) is 0. The van der Waals surface area contributed by atoms with E-state index in [0.717, 1.165) is 0 Å². The van der Waals surface area contributed by atoms with Crippen LogP contribution < -0.4 is 143 Å². The molecule has 8 heavy (non-hydrogen) atoms. The van der Waals surface area contributed by atoms with Gasteiger partial charge in [0.2, 0.25) is 0 Å². The van der Waals surface area contributed by atoms with Gasteiger partial charge in [0.25, 0.3) is 0 Å². The smallest absolute Gasteiger partial charge is 1.00 e. The van der Waals surface area contributed by atoms with E-state index < -0.39 is 0 Å². The van der Waals surface area contributed by atoms with Crippen LogP contribution in [0.15, 0.2) is 0 Å². The predicted molar refractivity (Wildman–Crippen MR) is 0 cm³/mol. The molecule has 0 aromatic carbocycles. The van der Waals surface area contributed by atoms with Crippen molar-refractivity contribution in [2.45, 2.75) is 0 Å². The number of halogens is 4. The molecular formula is Br4Li4. The average molecular weight is 347 g/mol. The van der Waals surface area contributed by atoms with Gasteiger partial charge in [-0.15, -0.1) is 0 Å². The summed E-state index contributed by atoms with van der Waals surface area (Å²) in [4.78, 5) is 0. The minimum absolute atomic E-state index is 0. The van der Waals surface area contributed by atoms with E-state index in [-0.39, 0.29) is 143 Å². The summed E-state index contributed by atoms with van der Waals surface area (Å²) in [6.45, 7) is 0. The summed E-state index contributed by atoms with van der Waals surface area (Å²) < 4.78 is 0. The summed E-state index contributed by atoms with van der Waals surface area (Å²) in [5, 5.41) is 0. The molecule has 0 aliphatic heterocycles. The zero-order chi connectivity index (χ0) is 0. The summed E-state index contributed by atoms with van der Waals surface area (Å²) in [6, 6.07) is 0. The molecule has 0 nitrogen and oxygen atoms in total. The van der Waals surface area contributed by atoms with Gasteiger partial charge in [0.15, 0.2) is 0 Å². The Hall–Kier alpha value is 4.31. The molecule has 0 amide bonds. The molecule has 32 valence electrons. The van der Waals surface area contributed by atoms with Gasteiger partial charge in [-0.1, -0.05) is 0 Å². The Morgan fingerprint density at radius 1 is 0.250 bits per heavy atom. The first-order valence-electron chi connectivity index (χ1n) is 0. The maximum absolute atomic E-state index is 0. The van der Waals surface area contributed by atoms with Crippen molar-refractivity contribution in [3.63, 3.8) is 0 Å². The Morgan fingerprint density at radius 3 is 0.250 bits per heavy atom. The first kappa shape index (κ1) is 84.8. The number of rotatable bonds is 0. The summed E-state index contributed by atoms with van der Waals surface area (Å²) in [6.07, 6.45) is 0. The summed E-state index contributed by atoms with van der Waals surface area (Å²) in [5.74, 6) is 0. The van der Waals surface area contributed by atoms with Crippen LogP contribution >= 0.6 is 0 Å². The normalized spacial score (nSPS) is 0. The van der Waals surface area contributed by atoms with Gasteiger partial charge in [-0.05, 0) is 0 Å². The van der Waals surface area contributed by atoms with E-state index in [1.807, 2.05) is 0 Å². The van der Waals surface area contributed by atoms with Crippen molar-refractivity contribution in [1.82, 2.24) is 0 Å². The summed E-state index contributed by atoms with van der Waals surface area (Å²) >= 11 is 0. The van der Waals surface area contributed by atoms with E-state index in [1.54, 1.807) is 0 Å². The maximum Gasteiger partial charge on any atom is 1.00 e. The van der Waals surface area contributed by atoms with E-state index in [4.69, 9.17) is 0 Å². The second kappa shape index (κ2) is 64.7. The molecule has 0 radical (unpaired) electrons. The van der Waals surface area contributed by atoms with Crippen molar-refractivity contribution < 1.29 is 143 Å². The molecule has 0 aliphatic carbocycles. The van der Waals surface area contributed by atoms with Crippen LogP contribution in [0.3, 0.4) is 0 Å². The Morgan fingerprint density at radius 2 is 0.250 bits per heavy atom. The number of hydrogen-bond donors (Lipinski definition) is 0. The van der Waals surface area contributed by atoms with Crippen LogP contribution in [0.25, 0.3) is 0 Å². The molecule has 0 bridgehead atoms. The van der Waals surface area contributed by atoms with E-state index in [1.165, 1.54) is 0 Å². The van der Waals surface area contributed by atoms with Gasteiger partial charge in [-0.25, -0.2) is 0 Å². The molecule has 0 atom stereocenters. The predicted octanol–water partition coefficient (Wildman–Crippen LogP) is -24.0. The third-order valence-corrected chi connectivity index (χ3v) is 0. The molecule has 0 aromatic rings. The molecule has 0 N–H and O–H groups in total. The standard InChI is InChI=1S/4BrH.4Li/h4*1H;;;;/q;;;;4*+1/p-4. The van der Waals surface area contributed by atoms with Crippen LogP contribution in [0.5, 0.6) is 0 Å². The quantitative estimate of drug-likeness (QED) is 0.382. The van der Waals surface area contributed by atoms with Gasteiger partial charge in [0, 0.05) is 0 Å². The van der Waals surface area contributed by atoms with Crippen molar-refractivity contribution in [2.75, 3.05) is 0 Å². The molecule has 0 saturated carbocycles. The van der Waals surface area contributed by atoms with Gasteiger partial charge in [0.05, 0.1) is 0 Å². The van der Waals surface area contributed by atoms with Crippen LogP contribution in [0.2, 0.25) is 0 Å². The molecule has 0 saturated heterocycles. The van der Waals surface area contributed by atoms with Crippen LogP contribution in [-0.2, 0) is 0 Å². The minimum atomic E-state index is 0. The Labute approximate surface area is 141 Å². The SMILES string of the molecule is [Br-].[Br-].[Br-].[Br-].[Li+].[Li+].[Li+].[Li+]. The van der Waals surface area contributed by atoms with Gasteiger partial charge < -0.3 is 67.9 Å². The van der Waals surface area contributed by atoms with E-state index in [2.05, 4.69) is 0 Å². The van der Waals surface area contributed by atoms with Crippen LogP contribution in [0.1, 0.15) is 0 Å². The molecule has 0 aromatic heterocycles. The van der Waals surface area contributed by atoms with E-state index in [0.29, 0.717) is 0 Å². The zero-order valence-corrected chi connectivity index (χ0v) is 11.9. The molecular weight excluding hydrogens is 347 g/mol. The third kappa shape index (κ3) is 48.1. The van der Waals surface area contributed by atoms with Crippen molar-refractivity contribution in [1.29, 1.82) is 0 Å². The van der Waals surface area contributed by atoms with Crippen LogP contribution in [-0.4, -0.2) is 0 Å². The maximum atomic E-state index is 0. The first-order valence-corrected chi connectivity index (χ1v) is 0. The first-order chi connectivity index (χ1) is 0. The fraction of sp³-hybridized carbons (Fsp3) is 0. The fourth-order valence-corrected chi connectivity index (χ4v) is 0. The molecule has 0 fully saturated rings. The second-order valence-electron chi connectivity index (χ2n) is 0. The van der Waals surface area contributed by atoms with Crippen molar-refractivity contribution in [2.24, 2.45) is 0 Å². The van der Waals surface area contributed by atoms with Gasteiger partial charge in [-0.3, -0.25) is 0 Å². The summed E-state index contributed by atoms with van der Waals surface area (Å²) in [7, 11) is 0. The minimum Gasteiger partial charge on any atom is -1.00 e. The molecule has 0 heterocycles. The zero-order valence-electron chi connectivity index (χ0n) is 5.51. The molecule has 0 spiro atoms. The van der Waals surface area contributed by atoms with Crippen molar-refractivity contribution in [3.05, 3.63) is 0 Å². The largest absolute Gasteiger partial charge is 1.00 e. The van der Waals surface area contributed by atoms with E-state index >= 15 is 0 Å². The van der Waals surface area contributed by atoms with Gasteiger partial charge in [-0.2, -0.15) is 0 Å². The Kier molecular flexibility index (Phi) is 686. The Balaban J connectivity index is 0. The molecule has 0 rings (SSSR count). The fourth-order valence-electron chi connectivity index (χ4n) is 0. The van der Waals surface area contributed by atoms with Gasteiger partial charge in [0.1, 0.15) is 0 Å². The van der Waals surface area contributed by atoms with Crippen molar-refractivity contribution in [3.8, 4) is 0 Å². The molecule has 0 aliphatic rings. The number of hydrogen-bond acceptors (Lipinski definition) is 0. The van der Waals surface area contributed by atoms with Crippen LogP contribution in [0.4, 0.5) is 0 Å². The third-order valence-electron chi connectivity index (χ3n) is 0. The van der Waals surface area contributed by atoms with E-state index in [9.17, 15) is 0 Å². The van der Waals surface area contributed by atoms with Crippen LogP contribution in [0, 0.1) is 0 Å². The molecule has 8 heteroatoms. The van der Waals surface area contributed by atoms with Gasteiger partial charge >= 0.3 is 75.4 Å². The Bertz CT molecular complexity index is 8.00. The molecule has 0 unspecified atom stereocenters. The second-order valence-corrected chi connectivity index (χ2v) is 0. The average Bonchev–Trinajstić information content (AvgIpc) is 0. The monoisotopic (exact) mass is 344 g/mol.